The minimum atomic E-state index is -0.396. The molecule has 2 heterocycles. The van der Waals surface area contributed by atoms with E-state index >= 15 is 0 Å². The van der Waals surface area contributed by atoms with Crippen molar-refractivity contribution in [1.29, 1.82) is 0 Å². The van der Waals surface area contributed by atoms with E-state index in [1.54, 1.807) is 43.5 Å². The van der Waals surface area contributed by atoms with Gasteiger partial charge >= 0.3 is 17.9 Å². The Bertz CT molecular complexity index is 2050. The van der Waals surface area contributed by atoms with Gasteiger partial charge in [-0.05, 0) is 125 Å². The van der Waals surface area contributed by atoms with Gasteiger partial charge in [0.1, 0.15) is 33.0 Å². The molecule has 0 unspecified atom stereocenters. The van der Waals surface area contributed by atoms with Crippen molar-refractivity contribution >= 4 is 50.4 Å². The van der Waals surface area contributed by atoms with E-state index < -0.39 is 5.97 Å². The van der Waals surface area contributed by atoms with Gasteiger partial charge in [-0.3, -0.25) is 9.59 Å². The number of aromatic nitrogens is 1. The molecular weight excluding hydrogens is 683 g/mol. The van der Waals surface area contributed by atoms with Crippen LogP contribution in [0.2, 0.25) is 0 Å². The Morgan fingerprint density at radius 3 is 2.19 bits per heavy atom. The number of nitrogens with zero attached hydrogens (tertiary/aromatic N) is 1. The number of methoxy groups -OCH3 is 1. The minimum absolute atomic E-state index is 0.301. The maximum Gasteiger partial charge on any atom is 0.330 e. The topological polar surface area (TPSA) is 123 Å². The predicted molar refractivity (Wildman–Crippen MR) is 199 cm³/mol. The van der Waals surface area contributed by atoms with Crippen molar-refractivity contribution in [3.05, 3.63) is 78.4 Å². The van der Waals surface area contributed by atoms with Crippen molar-refractivity contribution in [2.45, 2.75) is 65.2 Å². The highest BCUT2D eigenvalue weighted by Gasteiger charge is 2.33. The Kier molecular flexibility index (Phi) is 11.9. The summed E-state index contributed by atoms with van der Waals surface area (Å²) in [6.07, 6.45) is 6.84. The van der Waals surface area contributed by atoms with Crippen LogP contribution in [0.15, 0.2) is 71.7 Å². The number of carbonyl (C=O) groups excluding carboxylic acids is 3. The number of hydrogen-bond acceptors (Lipinski definition) is 11. The first kappa shape index (κ1) is 36.6. The summed E-state index contributed by atoms with van der Waals surface area (Å²) in [6, 6.07) is 16.6. The fourth-order valence-electron chi connectivity index (χ4n) is 6.44. The van der Waals surface area contributed by atoms with Crippen LogP contribution in [0.4, 0.5) is 0 Å². The van der Waals surface area contributed by atoms with Gasteiger partial charge < -0.3 is 28.1 Å². The molecule has 11 heteroatoms. The second-order valence-electron chi connectivity index (χ2n) is 13.1. The molecule has 0 atom stereocenters. The third-order valence-electron chi connectivity index (χ3n) is 9.25. The van der Waals surface area contributed by atoms with Crippen LogP contribution in [0.5, 0.6) is 23.0 Å². The van der Waals surface area contributed by atoms with E-state index in [-0.39, 0.29) is 23.8 Å². The number of aryl methyl sites for hydroxylation is 2. The summed E-state index contributed by atoms with van der Waals surface area (Å²) in [5, 5.41) is 1.70. The molecule has 0 spiro atoms. The van der Waals surface area contributed by atoms with Gasteiger partial charge in [0.15, 0.2) is 16.5 Å². The average Bonchev–Trinajstić information content (AvgIpc) is 3.79. The number of hydrogen-bond donors (Lipinski definition) is 0. The molecule has 1 aliphatic rings. The van der Waals surface area contributed by atoms with Gasteiger partial charge in [-0.2, -0.15) is 0 Å². The summed E-state index contributed by atoms with van der Waals surface area (Å²) in [7, 11) is 1.60. The Balaban J connectivity index is 0.979. The molecule has 0 amide bonds. The van der Waals surface area contributed by atoms with Crippen LogP contribution in [-0.2, 0) is 19.1 Å². The lowest BCUT2D eigenvalue weighted by molar-refractivity contribution is -0.145. The minimum Gasteiger partial charge on any atom is -0.495 e. The van der Waals surface area contributed by atoms with Gasteiger partial charge in [-0.15, -0.1) is 11.3 Å². The standard InChI is InChI=1S/C41H43NO9S/c1-5-36(43)48-21-9-7-6-8-20-47-29-14-16-30(17-15-29)49-40(44)27-10-12-28(13-11-27)41(45)51-32-18-19-33(46-4)38-37(32)42-39(52-38)35-24-31-26(3)22-25(2)23-34(31)50-35/h5,14-19,22-24,27-28H,1,6-13,20-21H2,2-4H3/t27-,28-. The number of rotatable bonds is 15. The lowest BCUT2D eigenvalue weighted by Gasteiger charge is -2.25. The van der Waals surface area contributed by atoms with Crippen molar-refractivity contribution < 1.29 is 42.5 Å². The average molecular weight is 726 g/mol. The summed E-state index contributed by atoms with van der Waals surface area (Å²) in [4.78, 5) is 42.2. The first-order valence-electron chi connectivity index (χ1n) is 17.7. The number of carbonyl (C=O) groups is 3. The summed E-state index contributed by atoms with van der Waals surface area (Å²) in [6.45, 7) is 8.43. The van der Waals surface area contributed by atoms with Crippen molar-refractivity contribution in [3.8, 4) is 33.8 Å². The van der Waals surface area contributed by atoms with E-state index in [1.165, 1.54) is 11.3 Å². The fourth-order valence-corrected chi connectivity index (χ4v) is 7.47. The molecule has 3 aromatic carbocycles. The van der Waals surface area contributed by atoms with E-state index in [4.69, 9.17) is 33.1 Å². The number of esters is 3. The van der Waals surface area contributed by atoms with Crippen LogP contribution < -0.4 is 18.9 Å². The Labute approximate surface area is 306 Å². The lowest BCUT2D eigenvalue weighted by atomic mass is 9.82. The SMILES string of the molecule is C=CC(=O)OCCCCCCOc1ccc(OC(=O)[C@H]2CC[C@H](C(=O)Oc3ccc(OC)c4sc(-c5cc6c(C)cc(C)cc6o5)nc34)CC2)cc1. The molecule has 0 bridgehead atoms. The zero-order chi connectivity index (χ0) is 36.6. The third-order valence-corrected chi connectivity index (χ3v) is 10.3. The highest BCUT2D eigenvalue weighted by Crippen LogP contribution is 2.42. The largest absolute Gasteiger partial charge is 0.495 e. The Morgan fingerprint density at radius 1 is 0.846 bits per heavy atom. The Hall–Kier alpha value is -5.16. The van der Waals surface area contributed by atoms with Crippen molar-refractivity contribution in [3.63, 3.8) is 0 Å². The zero-order valence-electron chi connectivity index (χ0n) is 29.7. The fraction of sp³-hybridized carbons (Fsp3) is 0.366. The van der Waals surface area contributed by atoms with Crippen LogP contribution >= 0.6 is 11.3 Å². The van der Waals surface area contributed by atoms with E-state index in [9.17, 15) is 14.4 Å². The van der Waals surface area contributed by atoms with E-state index in [0.717, 1.165) is 58.6 Å². The molecule has 52 heavy (non-hydrogen) atoms. The first-order chi connectivity index (χ1) is 25.2. The van der Waals surface area contributed by atoms with Gasteiger partial charge in [-0.1, -0.05) is 12.6 Å². The molecular formula is C41H43NO9S. The van der Waals surface area contributed by atoms with Crippen LogP contribution in [0.25, 0.3) is 32.0 Å². The molecule has 272 valence electrons. The van der Waals surface area contributed by atoms with E-state index in [2.05, 4.69) is 19.6 Å². The van der Waals surface area contributed by atoms with Crippen molar-refractivity contribution in [1.82, 2.24) is 4.98 Å². The second kappa shape index (κ2) is 16.9. The number of benzene rings is 3. The van der Waals surface area contributed by atoms with Crippen molar-refractivity contribution in [2.24, 2.45) is 11.8 Å². The lowest BCUT2D eigenvalue weighted by Crippen LogP contribution is -2.30. The number of thiazole rings is 1. The number of ether oxygens (including phenoxy) is 5. The van der Waals surface area contributed by atoms with Crippen LogP contribution in [0.1, 0.15) is 62.5 Å². The van der Waals surface area contributed by atoms with Crippen molar-refractivity contribution in [2.75, 3.05) is 20.3 Å². The van der Waals surface area contributed by atoms with Crippen LogP contribution in [0.3, 0.4) is 0 Å². The molecule has 0 N–H and O–H groups in total. The first-order valence-corrected chi connectivity index (χ1v) is 18.5. The Morgan fingerprint density at radius 2 is 1.50 bits per heavy atom. The summed E-state index contributed by atoms with van der Waals surface area (Å²) >= 11 is 1.42. The monoisotopic (exact) mass is 725 g/mol. The molecule has 0 aliphatic heterocycles. The number of fused-ring (bicyclic) bond motifs is 2. The molecule has 10 nitrogen and oxygen atoms in total. The molecule has 0 saturated heterocycles. The smallest absolute Gasteiger partial charge is 0.330 e. The van der Waals surface area contributed by atoms with E-state index in [1.807, 2.05) is 19.1 Å². The van der Waals surface area contributed by atoms with Crippen LogP contribution in [-0.4, -0.2) is 43.2 Å². The van der Waals surface area contributed by atoms with Gasteiger partial charge in [0.05, 0.1) is 32.2 Å². The van der Waals surface area contributed by atoms with Gasteiger partial charge in [0.2, 0.25) is 0 Å². The number of unbranched alkanes of at least 4 members (excludes halogenated alkanes) is 3. The predicted octanol–water partition coefficient (Wildman–Crippen LogP) is 9.32. The molecule has 2 aromatic heterocycles. The molecule has 1 aliphatic carbocycles. The van der Waals surface area contributed by atoms with E-state index in [0.29, 0.717) is 78.2 Å². The molecule has 1 saturated carbocycles. The number of furan rings is 1. The summed E-state index contributed by atoms with van der Waals surface area (Å²) in [5.74, 6) is 1.11. The normalized spacial score (nSPS) is 15.7. The molecule has 6 rings (SSSR count). The second-order valence-corrected chi connectivity index (χ2v) is 14.1. The summed E-state index contributed by atoms with van der Waals surface area (Å²) < 4.78 is 34.9. The van der Waals surface area contributed by atoms with Crippen LogP contribution in [0, 0.1) is 25.7 Å². The maximum atomic E-state index is 13.4. The quantitative estimate of drug-likeness (QED) is 0.0446. The van der Waals surface area contributed by atoms with Gasteiger partial charge in [-0.25, -0.2) is 9.78 Å². The van der Waals surface area contributed by atoms with Gasteiger partial charge in [0, 0.05) is 11.5 Å². The van der Waals surface area contributed by atoms with Gasteiger partial charge in [0.25, 0.3) is 0 Å². The molecule has 0 radical (unpaired) electrons. The summed E-state index contributed by atoms with van der Waals surface area (Å²) in [5.41, 5.74) is 3.59. The molecule has 5 aromatic rings. The zero-order valence-corrected chi connectivity index (χ0v) is 30.6. The highest BCUT2D eigenvalue weighted by molar-refractivity contribution is 7.22. The highest BCUT2D eigenvalue weighted by atomic mass is 32.1. The molecule has 1 fully saturated rings. The maximum absolute atomic E-state index is 13.4. The third kappa shape index (κ3) is 8.82.